The number of nitrogens with zero attached hydrogens (tertiary/aromatic N) is 3. The highest BCUT2D eigenvalue weighted by atomic mass is 35.5. The van der Waals surface area contributed by atoms with Crippen LogP contribution in [0.1, 0.15) is 0 Å². The summed E-state index contributed by atoms with van der Waals surface area (Å²) in [5.74, 6) is -0.249. The maximum Gasteiger partial charge on any atom is 0.265 e. The second-order valence-electron chi connectivity index (χ2n) is 7.30. The Balaban J connectivity index is 1.47. The number of piperazine rings is 1. The van der Waals surface area contributed by atoms with Gasteiger partial charge in [0.05, 0.1) is 18.5 Å². The number of fused-ring (bicyclic) bond motifs is 1. The molecule has 0 aliphatic carbocycles. The molecular weight excluding hydrogens is 433 g/mol. The third kappa shape index (κ3) is 4.17. The lowest BCUT2D eigenvalue weighted by atomic mass is 10.2. The highest BCUT2D eigenvalue weighted by molar-refractivity contribution is 7.92. The van der Waals surface area contributed by atoms with Gasteiger partial charge >= 0.3 is 0 Å². The summed E-state index contributed by atoms with van der Waals surface area (Å²) in [5.41, 5.74) is 1.22. The van der Waals surface area contributed by atoms with Gasteiger partial charge in [0.2, 0.25) is 10.0 Å². The van der Waals surface area contributed by atoms with Crippen molar-refractivity contribution in [2.75, 3.05) is 48.2 Å². The van der Waals surface area contributed by atoms with Crippen LogP contribution in [0, 0.1) is 5.82 Å². The zero-order valence-electron chi connectivity index (χ0n) is 16.3. The van der Waals surface area contributed by atoms with Crippen molar-refractivity contribution in [3.05, 3.63) is 53.3 Å². The van der Waals surface area contributed by atoms with Crippen molar-refractivity contribution >= 4 is 38.9 Å². The molecule has 0 aromatic heterocycles. The average molecular weight is 454 g/mol. The molecule has 2 aromatic rings. The number of carbonyl (C=O) groups is 1. The van der Waals surface area contributed by atoms with Crippen molar-refractivity contribution in [1.29, 1.82) is 0 Å². The molecule has 1 amide bonds. The Labute approximate surface area is 179 Å². The molecule has 0 spiro atoms. The zero-order chi connectivity index (χ0) is 21.5. The number of sulfonamides is 1. The first-order chi connectivity index (χ1) is 14.2. The minimum absolute atomic E-state index is 0.108. The van der Waals surface area contributed by atoms with E-state index in [0.29, 0.717) is 42.6 Å². The van der Waals surface area contributed by atoms with Crippen molar-refractivity contribution in [2.24, 2.45) is 0 Å². The number of carbonyl (C=O) groups excluding carboxylic acids is 1. The van der Waals surface area contributed by atoms with E-state index in [1.807, 2.05) is 0 Å². The van der Waals surface area contributed by atoms with E-state index < -0.39 is 16.1 Å². The molecule has 2 aliphatic heterocycles. The van der Waals surface area contributed by atoms with Gasteiger partial charge in [-0.1, -0.05) is 11.6 Å². The predicted octanol–water partition coefficient (Wildman–Crippen LogP) is 2.35. The average Bonchev–Trinajstić information content (AvgIpc) is 2.72. The lowest BCUT2D eigenvalue weighted by molar-refractivity contribution is -0.138. The highest BCUT2D eigenvalue weighted by Crippen LogP contribution is 2.37. The Morgan fingerprint density at radius 1 is 1.10 bits per heavy atom. The molecular formula is C20H21ClFN3O4S. The lowest BCUT2D eigenvalue weighted by Gasteiger charge is -2.40. The van der Waals surface area contributed by atoms with Crippen LogP contribution in [0.5, 0.6) is 5.75 Å². The fourth-order valence-corrected chi connectivity index (χ4v) is 4.78. The largest absolute Gasteiger partial charge is 0.476 e. The van der Waals surface area contributed by atoms with Gasteiger partial charge in [-0.05, 0) is 42.5 Å². The van der Waals surface area contributed by atoms with Gasteiger partial charge in [0.1, 0.15) is 11.6 Å². The van der Waals surface area contributed by atoms with E-state index in [4.69, 9.17) is 16.3 Å². The van der Waals surface area contributed by atoms with E-state index in [1.165, 1.54) is 18.2 Å². The first-order valence-corrected chi connectivity index (χ1v) is 11.7. The molecule has 160 valence electrons. The second-order valence-corrected chi connectivity index (χ2v) is 9.64. The molecule has 30 heavy (non-hydrogen) atoms. The van der Waals surface area contributed by atoms with Crippen molar-refractivity contribution in [2.45, 2.75) is 6.10 Å². The van der Waals surface area contributed by atoms with Crippen molar-refractivity contribution in [1.82, 2.24) is 4.90 Å². The van der Waals surface area contributed by atoms with E-state index >= 15 is 0 Å². The molecule has 10 heteroatoms. The van der Waals surface area contributed by atoms with Crippen LogP contribution in [0.15, 0.2) is 42.5 Å². The Morgan fingerprint density at radius 3 is 2.40 bits per heavy atom. The fraction of sp³-hybridized carbons (Fsp3) is 0.350. The summed E-state index contributed by atoms with van der Waals surface area (Å²) >= 11 is 6.01. The van der Waals surface area contributed by atoms with Gasteiger partial charge in [0.25, 0.3) is 5.91 Å². The van der Waals surface area contributed by atoms with Gasteiger partial charge in [-0.25, -0.2) is 12.8 Å². The maximum absolute atomic E-state index is 13.1. The topological polar surface area (TPSA) is 70.2 Å². The molecule has 0 N–H and O–H groups in total. The van der Waals surface area contributed by atoms with Crippen LogP contribution in [0.2, 0.25) is 5.02 Å². The molecule has 1 fully saturated rings. The maximum atomic E-state index is 13.1. The van der Waals surface area contributed by atoms with Gasteiger partial charge in [-0.3, -0.25) is 9.10 Å². The molecule has 2 aliphatic rings. The quantitative estimate of drug-likeness (QED) is 0.713. The first kappa shape index (κ1) is 20.7. The molecule has 0 unspecified atom stereocenters. The van der Waals surface area contributed by atoms with Crippen LogP contribution < -0.4 is 13.9 Å². The smallest absolute Gasteiger partial charge is 0.265 e. The molecule has 2 heterocycles. The number of ether oxygens (including phenoxy) is 1. The summed E-state index contributed by atoms with van der Waals surface area (Å²) in [6, 6.07) is 10.9. The standard InChI is InChI=1S/C20H21ClFN3O4S/c1-30(27,28)25-13-19(29-18-7-2-14(21)12-17(18)25)20(26)24-10-8-23(9-11-24)16-5-3-15(22)4-6-16/h2-7,12,19H,8-11,13H2,1H3/t19-/m1/s1. The summed E-state index contributed by atoms with van der Waals surface area (Å²) in [6.07, 6.45) is 0.150. The van der Waals surface area contributed by atoms with Crippen molar-refractivity contribution in [3.8, 4) is 5.75 Å². The van der Waals surface area contributed by atoms with Crippen LogP contribution in [0.4, 0.5) is 15.8 Å². The number of halogens is 2. The van der Waals surface area contributed by atoms with Crippen LogP contribution in [0.25, 0.3) is 0 Å². The number of hydrogen-bond acceptors (Lipinski definition) is 5. The van der Waals surface area contributed by atoms with Crippen LogP contribution >= 0.6 is 11.6 Å². The molecule has 1 atom stereocenters. The number of hydrogen-bond donors (Lipinski definition) is 0. The minimum Gasteiger partial charge on any atom is -0.476 e. The van der Waals surface area contributed by atoms with Crippen molar-refractivity contribution in [3.63, 3.8) is 0 Å². The van der Waals surface area contributed by atoms with Gasteiger partial charge in [-0.15, -0.1) is 0 Å². The summed E-state index contributed by atoms with van der Waals surface area (Å²) in [5, 5.41) is 0.382. The van der Waals surface area contributed by atoms with Crippen LogP contribution in [0.3, 0.4) is 0 Å². The molecule has 2 aromatic carbocycles. The minimum atomic E-state index is -3.62. The van der Waals surface area contributed by atoms with Gasteiger partial charge in [0, 0.05) is 36.9 Å². The number of benzene rings is 2. The second kappa shape index (κ2) is 7.96. The Morgan fingerprint density at radius 2 is 1.77 bits per heavy atom. The molecule has 0 radical (unpaired) electrons. The van der Waals surface area contributed by atoms with E-state index in [0.717, 1.165) is 16.2 Å². The Hall–Kier alpha value is -2.52. The monoisotopic (exact) mass is 453 g/mol. The summed E-state index contributed by atoms with van der Waals surface area (Å²) < 4.78 is 44.7. The van der Waals surface area contributed by atoms with E-state index in [2.05, 4.69) is 4.90 Å². The Bertz CT molecular complexity index is 1060. The third-order valence-electron chi connectivity index (χ3n) is 5.25. The first-order valence-electron chi connectivity index (χ1n) is 9.45. The van der Waals surface area contributed by atoms with Gasteiger partial charge in [0.15, 0.2) is 6.10 Å². The van der Waals surface area contributed by atoms with Crippen molar-refractivity contribution < 1.29 is 22.3 Å². The predicted molar refractivity (Wildman–Crippen MR) is 113 cm³/mol. The number of amides is 1. The van der Waals surface area contributed by atoms with E-state index in [-0.39, 0.29) is 18.3 Å². The van der Waals surface area contributed by atoms with Crippen LogP contribution in [-0.4, -0.2) is 64.3 Å². The Kier molecular flexibility index (Phi) is 5.50. The van der Waals surface area contributed by atoms with E-state index in [1.54, 1.807) is 29.2 Å². The number of anilines is 2. The number of rotatable bonds is 3. The summed E-state index contributed by atoms with van der Waals surface area (Å²) in [6.45, 7) is 1.99. The molecule has 0 saturated carbocycles. The van der Waals surface area contributed by atoms with Gasteiger partial charge < -0.3 is 14.5 Å². The molecule has 0 bridgehead atoms. The fourth-order valence-electron chi connectivity index (χ4n) is 3.71. The molecule has 1 saturated heterocycles. The summed E-state index contributed by atoms with van der Waals surface area (Å²) in [4.78, 5) is 16.8. The third-order valence-corrected chi connectivity index (χ3v) is 6.63. The highest BCUT2D eigenvalue weighted by Gasteiger charge is 2.37. The van der Waals surface area contributed by atoms with E-state index in [9.17, 15) is 17.6 Å². The molecule has 4 rings (SSSR count). The summed E-state index contributed by atoms with van der Waals surface area (Å²) in [7, 11) is -3.62. The normalized spacial score (nSPS) is 19.3. The zero-order valence-corrected chi connectivity index (χ0v) is 17.9. The molecule has 7 nitrogen and oxygen atoms in total. The van der Waals surface area contributed by atoms with Gasteiger partial charge in [-0.2, -0.15) is 0 Å². The lowest BCUT2D eigenvalue weighted by Crippen LogP contribution is -2.56. The SMILES string of the molecule is CS(=O)(=O)N1C[C@H](C(=O)N2CCN(c3ccc(F)cc3)CC2)Oc2ccc(Cl)cc21. The van der Waals surface area contributed by atoms with Crippen LogP contribution in [-0.2, 0) is 14.8 Å².